The molecule has 128 heavy (non-hydrogen) atoms. The number of hydrogen-bond acceptors (Lipinski definition) is 14. The Morgan fingerprint density at radius 3 is 1.09 bits per heavy atom. The van der Waals surface area contributed by atoms with E-state index in [-0.39, 0.29) is 94.8 Å². The molecular weight excluding hydrogens is 1820 g/mol. The van der Waals surface area contributed by atoms with E-state index >= 15 is 0 Å². The van der Waals surface area contributed by atoms with Crippen molar-refractivity contribution in [3.8, 4) is 190 Å². The third-order valence-electron chi connectivity index (χ3n) is 19.8. The highest BCUT2D eigenvalue weighted by Gasteiger charge is 2.69. The number of benzene rings is 5. The number of carbonyl (C=O) groups excluding carboxylic acids is 5. The van der Waals surface area contributed by atoms with Crippen molar-refractivity contribution < 1.29 is 71.9 Å². The molecule has 0 aromatic heterocycles. The summed E-state index contributed by atoms with van der Waals surface area (Å²) in [7, 11) is 0.436. The molecule has 6 fully saturated rings. The average Bonchev–Trinajstić information content (AvgIpc) is 1.54. The number of amides is 2. The number of nitrogens with one attached hydrogen (secondary N) is 1. The minimum atomic E-state index is -4.12. The van der Waals surface area contributed by atoms with E-state index in [0.29, 0.717) is 19.4 Å². The van der Waals surface area contributed by atoms with Gasteiger partial charge in [0.1, 0.15) is 62.5 Å². The van der Waals surface area contributed by atoms with Gasteiger partial charge in [-0.1, -0.05) is 98.7 Å². The first-order valence-electron chi connectivity index (χ1n) is 38.6. The summed E-state index contributed by atoms with van der Waals surface area (Å²) >= 11 is 0. The highest BCUT2D eigenvalue weighted by molar-refractivity contribution is 8.98. The molecule has 19 nitrogen and oxygen atoms in total. The SMILES string of the molecule is C#CC#CC#C.CC#CC#CC#CC#CC#CC#CC#CC#CC#CC#CC#CC#CC#CC.C[C@H]1C[C@]2(CCN1)C(=O)C(C)(C)S(=O)(=O)N2c1cccc(F)c1.C[C@H]1C[C@]2(CCN1C(=O)OCc1ccccc1)C(=O)C(C)(C)S(=O)(=O)N2c1cccc(F)c1.C[C@H]1C[C@]2(CCN1C(=O)OCc1ccccc1)C(=O)CS(=O)(=O)N2c1cccc(F)c1.PPP(P)P(P)P. The minimum Gasteiger partial charge on any atom is -0.445 e. The summed E-state index contributed by atoms with van der Waals surface area (Å²) in [5.41, 5.74) is -1.71. The molecule has 6 saturated heterocycles. The Balaban J connectivity index is 0.000000252. The second-order valence-electron chi connectivity index (χ2n) is 29.0. The molecule has 1 N–H and O–H groups in total. The van der Waals surface area contributed by atoms with E-state index in [0.717, 1.165) is 39.8 Å². The van der Waals surface area contributed by atoms with Gasteiger partial charge in [0.25, 0.3) is 0 Å². The average molecular weight is 1900 g/mol. The monoisotopic (exact) mass is 1900 g/mol. The molecule has 6 unspecified atom stereocenters. The molecule has 2 amide bonds. The van der Waals surface area contributed by atoms with Crippen molar-refractivity contribution in [2.24, 2.45) is 0 Å². The van der Waals surface area contributed by atoms with Crippen LogP contribution in [0.15, 0.2) is 133 Å². The van der Waals surface area contributed by atoms with E-state index in [1.54, 1.807) is 33.8 Å². The molecule has 5 aromatic rings. The van der Waals surface area contributed by atoms with Crippen LogP contribution in [0.1, 0.15) is 112 Å². The normalized spacial score (nSPS) is 20.5. The van der Waals surface area contributed by atoms with Crippen LogP contribution in [-0.2, 0) is 67.1 Å². The van der Waals surface area contributed by atoms with Gasteiger partial charge in [0.15, 0.2) is 17.3 Å². The van der Waals surface area contributed by atoms with Crippen LogP contribution in [0, 0.1) is 208 Å². The van der Waals surface area contributed by atoms with Crippen molar-refractivity contribution in [2.45, 2.75) is 158 Å². The van der Waals surface area contributed by atoms with E-state index in [1.807, 2.05) is 67.6 Å². The minimum absolute atomic E-state index is 0.00728. The van der Waals surface area contributed by atoms with E-state index in [1.165, 1.54) is 96.4 Å². The molecule has 11 rings (SSSR count). The second kappa shape index (κ2) is 50.4. The van der Waals surface area contributed by atoms with Crippen LogP contribution in [0.4, 0.5) is 39.8 Å². The molecule has 12 atom stereocenters. The molecule has 0 aliphatic carbocycles. The van der Waals surface area contributed by atoms with Crippen LogP contribution < -0.4 is 18.2 Å². The van der Waals surface area contributed by atoms with E-state index in [9.17, 15) is 62.4 Å². The van der Waals surface area contributed by atoms with Crippen molar-refractivity contribution in [3.63, 3.8) is 0 Å². The second-order valence-corrected chi connectivity index (χ2v) is 57.7. The first kappa shape index (κ1) is 105. The van der Waals surface area contributed by atoms with Crippen LogP contribution in [-0.4, -0.2) is 134 Å². The molecule has 6 heterocycles. The lowest BCUT2D eigenvalue weighted by molar-refractivity contribution is -0.127. The topological polar surface area (TPSA) is 234 Å². The summed E-state index contributed by atoms with van der Waals surface area (Å²) in [5, 5.41) is 3.24. The molecule has 6 aliphatic rings. The maximum absolute atomic E-state index is 14.0. The number of anilines is 3. The molecule has 6 aliphatic heterocycles. The van der Waals surface area contributed by atoms with Gasteiger partial charge in [-0.2, -0.15) is 0 Å². The van der Waals surface area contributed by atoms with Crippen LogP contribution in [0.2, 0.25) is 0 Å². The summed E-state index contributed by atoms with van der Waals surface area (Å²) in [6.07, 6.45) is 9.53. The summed E-state index contributed by atoms with van der Waals surface area (Å²) in [4.78, 5) is 68.0. The standard InChI is InChI=1S/C28H6.C24H27FN2O5S.C22H23FN2O5S.C16H21FN2O3S.C6H2.H9P7/c1-3-5-7-9-11-13-15-17-19-21-23-25-27-28-26-24-22-20-18-16-14-12-10-8-6-4-2;1-17-15-24(12-13-26(17)22(29)32-16-18-8-5-4-6-9-18)21(28)23(2,3)33(30,31)27(24)20-11-7-10-19(25)14-20;1-16-13-22(10-11-24(16)21(27)30-14-17-6-3-2-4-7-17)20(26)15-31(28,29)25(22)19-9-5-8-18(23)12-19;1-11-10-16(7-8-18-11)14(20)15(2,3)23(21,22)19(16)13-6-4-5-12(17)9-13;1-3-5-6-4-2;1-5-7(4)6(2)3/h1-2H3;4-11,14,17H,12-13,15-16H2,1-3H3;2-9,12,16H,10-11,13-15H2,1H3;4-6,9,11,18H,7-8,10H2,1-3H3;1-2H;5H,1-4H2/t;17-,24+;16-,22+;11-,16+;;/m.000../s1. The summed E-state index contributed by atoms with van der Waals surface area (Å²) in [5.74, 6) is 70.7. The molecule has 0 radical (unpaired) electrons. The Labute approximate surface area is 764 Å². The van der Waals surface area contributed by atoms with E-state index in [2.05, 4.69) is 219 Å². The third kappa shape index (κ3) is 28.1. The zero-order valence-electron chi connectivity index (χ0n) is 71.2. The number of carbonyl (C=O) groups is 5. The van der Waals surface area contributed by atoms with Crippen molar-refractivity contribution in [3.05, 3.63) is 162 Å². The molecular formula is C96H88F3N6O13P7S3. The van der Waals surface area contributed by atoms with E-state index in [4.69, 9.17) is 22.3 Å². The van der Waals surface area contributed by atoms with Gasteiger partial charge in [-0.15, -0.1) is 48.6 Å². The fraction of sp³-hybridized carbons (Fsp3) is 0.302. The quantitative estimate of drug-likeness (QED) is 0.107. The Morgan fingerprint density at radius 2 is 0.789 bits per heavy atom. The van der Waals surface area contributed by atoms with Gasteiger partial charge in [-0.3, -0.25) is 27.3 Å². The van der Waals surface area contributed by atoms with Gasteiger partial charge < -0.3 is 24.6 Å². The van der Waals surface area contributed by atoms with Crippen LogP contribution in [0.25, 0.3) is 0 Å². The van der Waals surface area contributed by atoms with Gasteiger partial charge in [0, 0.05) is 78.6 Å². The summed E-state index contributed by atoms with van der Waals surface area (Å²) < 4.78 is 131. The number of terminal acetylenes is 2. The summed E-state index contributed by atoms with van der Waals surface area (Å²) in [6.45, 7) is 16.0. The zero-order chi connectivity index (χ0) is 94.4. The number of piperidine rings is 3. The Kier molecular flexibility index (Phi) is 41.5. The van der Waals surface area contributed by atoms with Crippen molar-refractivity contribution in [2.75, 3.05) is 38.3 Å². The number of sulfonamides is 3. The predicted octanol–water partition coefficient (Wildman–Crippen LogP) is 13.8. The molecule has 0 bridgehead atoms. The number of hydrogen-bond donors (Lipinski definition) is 1. The molecule has 0 saturated carbocycles. The molecule has 3 spiro atoms. The van der Waals surface area contributed by atoms with Crippen molar-refractivity contribution >= 4 is 134 Å². The molecule has 654 valence electrons. The fourth-order valence-corrected chi connectivity index (χ4v) is 36.2. The number of ketones is 3. The van der Waals surface area contributed by atoms with Crippen molar-refractivity contribution in [1.82, 2.24) is 15.1 Å². The first-order valence-corrected chi connectivity index (χ1v) is 55.0. The molecule has 5 aromatic carbocycles. The van der Waals surface area contributed by atoms with Gasteiger partial charge in [-0.05, 0) is 305 Å². The van der Waals surface area contributed by atoms with Crippen LogP contribution in [0.3, 0.4) is 0 Å². The lowest BCUT2D eigenvalue weighted by Crippen LogP contribution is -2.60. The Hall–Kier alpha value is -11.4. The van der Waals surface area contributed by atoms with Gasteiger partial charge in [-0.25, -0.2) is 48.0 Å². The molecule has 32 heteroatoms. The Bertz CT molecular complexity index is 6360. The van der Waals surface area contributed by atoms with Crippen LogP contribution in [0.5, 0.6) is 0 Å². The fourth-order valence-electron chi connectivity index (χ4n) is 14.2. The van der Waals surface area contributed by atoms with Gasteiger partial charge in [0.05, 0.1) is 17.1 Å². The zero-order valence-corrected chi connectivity index (χ0v) is 81.0. The highest BCUT2D eigenvalue weighted by atomic mass is 33.0. The lowest BCUT2D eigenvalue weighted by Gasteiger charge is -2.45. The van der Waals surface area contributed by atoms with Gasteiger partial charge in [0.2, 0.25) is 30.1 Å². The highest BCUT2D eigenvalue weighted by Crippen LogP contribution is 2.92. The van der Waals surface area contributed by atoms with Gasteiger partial charge >= 0.3 is 12.2 Å². The number of nitrogens with zero attached hydrogens (tertiary/aromatic N) is 5. The predicted molar refractivity (Wildman–Crippen MR) is 519 cm³/mol. The van der Waals surface area contributed by atoms with Crippen molar-refractivity contribution in [1.29, 1.82) is 0 Å². The third-order valence-corrected chi connectivity index (χ3v) is 57.1. The smallest absolute Gasteiger partial charge is 0.410 e. The van der Waals surface area contributed by atoms with Crippen LogP contribution >= 0.6 is 57.6 Å². The number of rotatable bonds is 9. The number of Topliss-reactive ketones (excluding diaryl/α,β-unsaturated/α-hetero) is 3. The number of halogens is 3. The first-order chi connectivity index (χ1) is 60.9. The maximum atomic E-state index is 14.0. The largest absolute Gasteiger partial charge is 0.445 e. The lowest BCUT2D eigenvalue weighted by atomic mass is 9.76. The summed E-state index contributed by atoms with van der Waals surface area (Å²) in [6, 6.07) is 33.6. The number of likely N-dealkylation sites (tertiary alicyclic amines) is 2. The maximum Gasteiger partial charge on any atom is 0.410 e. The Morgan fingerprint density at radius 1 is 0.469 bits per heavy atom. The number of ether oxygens (including phenoxy) is 2. The van der Waals surface area contributed by atoms with E-state index < -0.39 is 115 Å².